The number of fused-ring (bicyclic) bond motifs is 1. The maximum absolute atomic E-state index is 14.0. The fourth-order valence-electron chi connectivity index (χ4n) is 2.06. The average Bonchev–Trinajstić information content (AvgIpc) is 2.85. The van der Waals surface area contributed by atoms with E-state index >= 15 is 0 Å². The summed E-state index contributed by atoms with van der Waals surface area (Å²) in [5, 5.41) is 6.39. The molecule has 2 aromatic rings. The van der Waals surface area contributed by atoms with Gasteiger partial charge < -0.3 is 15.4 Å². The number of methoxy groups -OCH3 is 1. The second kappa shape index (κ2) is 8.43. The highest BCUT2D eigenvalue weighted by molar-refractivity contribution is 7.21. The third-order valence-electron chi connectivity index (χ3n) is 3.32. The third kappa shape index (κ3) is 3.95. The van der Waals surface area contributed by atoms with Crippen LogP contribution in [-0.2, 0) is 11.3 Å². The van der Waals surface area contributed by atoms with Crippen molar-refractivity contribution in [2.24, 2.45) is 0 Å². The van der Waals surface area contributed by atoms with Gasteiger partial charge in [0.15, 0.2) is 0 Å². The van der Waals surface area contributed by atoms with Gasteiger partial charge in [0, 0.05) is 35.3 Å². The van der Waals surface area contributed by atoms with Gasteiger partial charge in [0.05, 0.1) is 11.5 Å². The lowest BCUT2D eigenvalue weighted by molar-refractivity contribution is 0.0950. The highest BCUT2D eigenvalue weighted by Crippen LogP contribution is 2.33. The molecule has 7 heteroatoms. The molecule has 0 aliphatic carbocycles. The number of thiophene rings is 1. The van der Waals surface area contributed by atoms with E-state index in [9.17, 15) is 9.18 Å². The lowest BCUT2D eigenvalue weighted by atomic mass is 10.1. The Morgan fingerprint density at radius 1 is 1.45 bits per heavy atom. The first-order valence-corrected chi connectivity index (χ1v) is 7.54. The van der Waals surface area contributed by atoms with Gasteiger partial charge in [-0.1, -0.05) is 6.07 Å². The molecule has 0 aliphatic rings. The molecule has 2 N–H and O–H groups in total. The Balaban J connectivity index is 0.00000242. The second-order valence-electron chi connectivity index (χ2n) is 4.86. The zero-order valence-corrected chi connectivity index (χ0v) is 14.4. The standard InChI is InChI=1S/C15H19FN2O2S.ClH/c1-9(17-2)7-18-15(19)14-10(8-20-3)13-11(16)5-4-6-12(13)21-14;/h4-6,9,17H,7-8H2,1-3H3,(H,18,19);1H. The van der Waals surface area contributed by atoms with Crippen LogP contribution in [0.25, 0.3) is 10.1 Å². The largest absolute Gasteiger partial charge is 0.380 e. The summed E-state index contributed by atoms with van der Waals surface area (Å²) in [5.74, 6) is -0.511. The van der Waals surface area contributed by atoms with E-state index in [0.717, 1.165) is 4.70 Å². The number of halogens is 2. The van der Waals surface area contributed by atoms with Gasteiger partial charge >= 0.3 is 0 Å². The fourth-order valence-corrected chi connectivity index (χ4v) is 3.20. The normalized spacial score (nSPS) is 12.0. The molecule has 1 atom stereocenters. The van der Waals surface area contributed by atoms with Crippen molar-refractivity contribution in [2.75, 3.05) is 20.7 Å². The maximum Gasteiger partial charge on any atom is 0.261 e. The molecule has 0 aliphatic heterocycles. The number of hydrogen-bond acceptors (Lipinski definition) is 4. The van der Waals surface area contributed by atoms with Gasteiger partial charge in [-0.15, -0.1) is 23.7 Å². The van der Waals surface area contributed by atoms with E-state index in [2.05, 4.69) is 10.6 Å². The summed E-state index contributed by atoms with van der Waals surface area (Å²) in [6.45, 7) is 2.70. The predicted molar refractivity (Wildman–Crippen MR) is 90.6 cm³/mol. The molecule has 0 radical (unpaired) electrons. The summed E-state index contributed by atoms with van der Waals surface area (Å²) in [7, 11) is 3.37. The van der Waals surface area contributed by atoms with E-state index in [0.29, 0.717) is 22.4 Å². The van der Waals surface area contributed by atoms with Crippen molar-refractivity contribution in [1.29, 1.82) is 0 Å². The first-order valence-electron chi connectivity index (χ1n) is 6.72. The van der Waals surface area contributed by atoms with Gasteiger partial charge in [0.1, 0.15) is 5.82 Å². The molecule has 1 amide bonds. The molecule has 4 nitrogen and oxygen atoms in total. The molecule has 122 valence electrons. The summed E-state index contributed by atoms with van der Waals surface area (Å²) in [6, 6.07) is 5.04. The molecule has 1 heterocycles. The van der Waals surface area contributed by atoms with Crippen LogP contribution in [0, 0.1) is 5.82 Å². The van der Waals surface area contributed by atoms with Crippen molar-refractivity contribution < 1.29 is 13.9 Å². The topological polar surface area (TPSA) is 50.4 Å². The number of ether oxygens (including phenoxy) is 1. The molecule has 22 heavy (non-hydrogen) atoms. The number of benzene rings is 1. The van der Waals surface area contributed by atoms with Crippen molar-refractivity contribution >= 4 is 39.7 Å². The summed E-state index contributed by atoms with van der Waals surface area (Å²) in [6.07, 6.45) is 0. The van der Waals surface area contributed by atoms with Gasteiger partial charge in [-0.3, -0.25) is 4.79 Å². The second-order valence-corrected chi connectivity index (χ2v) is 5.91. The summed E-state index contributed by atoms with van der Waals surface area (Å²) >= 11 is 1.29. The first-order chi connectivity index (χ1) is 10.1. The number of hydrogen-bond donors (Lipinski definition) is 2. The summed E-state index contributed by atoms with van der Waals surface area (Å²) < 4.78 is 19.9. The number of nitrogens with one attached hydrogen (secondary N) is 2. The molecule has 1 aromatic carbocycles. The molecule has 1 aromatic heterocycles. The number of likely N-dealkylation sites (N-methyl/N-ethyl adjacent to an activating group) is 1. The van der Waals surface area contributed by atoms with Crippen LogP contribution in [0.2, 0.25) is 0 Å². The van der Waals surface area contributed by atoms with Gasteiger partial charge in [0.25, 0.3) is 5.91 Å². The Labute approximate surface area is 139 Å². The average molecular weight is 347 g/mol. The Hall–Kier alpha value is -1.21. The van der Waals surface area contributed by atoms with E-state index < -0.39 is 0 Å². The minimum atomic E-state index is -0.321. The smallest absolute Gasteiger partial charge is 0.261 e. The van der Waals surface area contributed by atoms with Crippen LogP contribution in [0.4, 0.5) is 4.39 Å². The van der Waals surface area contributed by atoms with Crippen molar-refractivity contribution in [3.63, 3.8) is 0 Å². The van der Waals surface area contributed by atoms with Crippen LogP contribution in [0.3, 0.4) is 0 Å². The van der Waals surface area contributed by atoms with Gasteiger partial charge in [0.2, 0.25) is 0 Å². The molecule has 1 unspecified atom stereocenters. The molecular weight excluding hydrogens is 327 g/mol. The number of amides is 1. The van der Waals surface area contributed by atoms with Crippen molar-refractivity contribution in [2.45, 2.75) is 19.6 Å². The van der Waals surface area contributed by atoms with Crippen LogP contribution < -0.4 is 10.6 Å². The third-order valence-corrected chi connectivity index (χ3v) is 4.52. The van der Waals surface area contributed by atoms with Crippen LogP contribution in [0.5, 0.6) is 0 Å². The Morgan fingerprint density at radius 2 is 2.18 bits per heavy atom. The lowest BCUT2D eigenvalue weighted by Gasteiger charge is -2.11. The van der Waals surface area contributed by atoms with Crippen LogP contribution in [0.15, 0.2) is 18.2 Å². The van der Waals surface area contributed by atoms with Gasteiger partial charge in [-0.25, -0.2) is 4.39 Å². The van der Waals surface area contributed by atoms with E-state index in [1.54, 1.807) is 6.07 Å². The predicted octanol–water partition coefficient (Wildman–Crippen LogP) is 2.95. The summed E-state index contributed by atoms with van der Waals surface area (Å²) in [5.41, 5.74) is 0.616. The fraction of sp³-hybridized carbons (Fsp3) is 0.400. The molecule has 0 saturated heterocycles. The maximum atomic E-state index is 14.0. The van der Waals surface area contributed by atoms with E-state index in [4.69, 9.17) is 4.74 Å². The highest BCUT2D eigenvalue weighted by Gasteiger charge is 2.20. The van der Waals surface area contributed by atoms with Gasteiger partial charge in [-0.05, 0) is 26.1 Å². The molecular formula is C15H20ClFN2O2S. The number of rotatable bonds is 6. The van der Waals surface area contributed by atoms with Crippen LogP contribution >= 0.6 is 23.7 Å². The Bertz CT molecular complexity index is 648. The number of carbonyl (C=O) groups is 1. The SMILES string of the molecule is CNC(C)CNC(=O)c1sc2cccc(F)c2c1COC.Cl. The minimum Gasteiger partial charge on any atom is -0.380 e. The lowest BCUT2D eigenvalue weighted by Crippen LogP contribution is -2.37. The number of carbonyl (C=O) groups excluding carboxylic acids is 1. The molecule has 0 saturated carbocycles. The first kappa shape index (κ1) is 18.8. The van der Waals surface area contributed by atoms with Crippen LogP contribution in [0.1, 0.15) is 22.2 Å². The summed E-state index contributed by atoms with van der Waals surface area (Å²) in [4.78, 5) is 12.8. The molecule has 0 spiro atoms. The molecule has 0 fully saturated rings. The quantitative estimate of drug-likeness (QED) is 0.845. The van der Waals surface area contributed by atoms with E-state index in [-0.39, 0.29) is 36.8 Å². The molecule has 2 rings (SSSR count). The Morgan fingerprint density at radius 3 is 2.82 bits per heavy atom. The van der Waals surface area contributed by atoms with Gasteiger partial charge in [-0.2, -0.15) is 0 Å². The van der Waals surface area contributed by atoms with Crippen molar-refractivity contribution in [3.8, 4) is 0 Å². The van der Waals surface area contributed by atoms with E-state index in [1.807, 2.05) is 20.0 Å². The highest BCUT2D eigenvalue weighted by atomic mass is 35.5. The van der Waals surface area contributed by atoms with E-state index in [1.165, 1.54) is 24.5 Å². The monoisotopic (exact) mass is 346 g/mol. The zero-order chi connectivity index (χ0) is 15.4. The van der Waals surface area contributed by atoms with Crippen LogP contribution in [-0.4, -0.2) is 32.7 Å². The van der Waals surface area contributed by atoms with Crippen molar-refractivity contribution in [1.82, 2.24) is 10.6 Å². The van der Waals surface area contributed by atoms with Crippen molar-refractivity contribution in [3.05, 3.63) is 34.5 Å². The minimum absolute atomic E-state index is 0. The Kier molecular flexibility index (Phi) is 7.22. The molecule has 0 bridgehead atoms. The zero-order valence-electron chi connectivity index (χ0n) is 12.7.